The Labute approximate surface area is 140 Å². The van der Waals surface area contributed by atoms with Crippen molar-refractivity contribution in [2.45, 2.75) is 20.3 Å². The molecular weight excluding hydrogens is 308 g/mol. The van der Waals surface area contributed by atoms with Crippen LogP contribution in [-0.2, 0) is 11.2 Å². The van der Waals surface area contributed by atoms with Gasteiger partial charge < -0.3 is 9.64 Å². The van der Waals surface area contributed by atoms with E-state index in [9.17, 15) is 14.9 Å². The monoisotopic (exact) mass is 328 g/mol. The molecule has 1 amide bonds. The lowest BCUT2D eigenvalue weighted by Gasteiger charge is -2.19. The van der Waals surface area contributed by atoms with E-state index < -0.39 is 4.92 Å². The molecule has 6 heteroatoms. The highest BCUT2D eigenvalue weighted by molar-refractivity contribution is 5.79. The van der Waals surface area contributed by atoms with Gasteiger partial charge in [-0.1, -0.05) is 30.3 Å². The Morgan fingerprint density at radius 3 is 2.25 bits per heavy atom. The largest absolute Gasteiger partial charge is 0.450 e. The number of hydrogen-bond acceptors (Lipinski definition) is 4. The Morgan fingerprint density at radius 1 is 1.04 bits per heavy atom. The SMILES string of the molecule is CCN(CC)C(=O)Cc1ccccc1Oc1ccccc1[N+](=O)[O-]. The van der Waals surface area contributed by atoms with Crippen LogP contribution in [0.15, 0.2) is 48.5 Å². The molecule has 0 atom stereocenters. The normalized spacial score (nSPS) is 10.2. The summed E-state index contributed by atoms with van der Waals surface area (Å²) in [6, 6.07) is 13.3. The molecule has 0 saturated heterocycles. The average Bonchev–Trinajstić information content (AvgIpc) is 2.58. The van der Waals surface area contributed by atoms with Crippen LogP contribution >= 0.6 is 0 Å². The number of nitrogens with zero attached hydrogens (tertiary/aromatic N) is 2. The van der Waals surface area contributed by atoms with E-state index in [-0.39, 0.29) is 23.8 Å². The van der Waals surface area contributed by atoms with Gasteiger partial charge in [-0.25, -0.2) is 0 Å². The number of rotatable bonds is 7. The zero-order valence-electron chi connectivity index (χ0n) is 13.8. The zero-order valence-corrected chi connectivity index (χ0v) is 13.8. The molecule has 0 aromatic heterocycles. The van der Waals surface area contributed by atoms with Gasteiger partial charge in [0.05, 0.1) is 11.3 Å². The highest BCUT2D eigenvalue weighted by atomic mass is 16.6. The van der Waals surface area contributed by atoms with Crippen molar-refractivity contribution in [1.82, 2.24) is 4.90 Å². The van der Waals surface area contributed by atoms with Gasteiger partial charge >= 0.3 is 5.69 Å². The molecule has 0 saturated carbocycles. The van der Waals surface area contributed by atoms with E-state index >= 15 is 0 Å². The minimum atomic E-state index is -0.487. The number of ether oxygens (including phenoxy) is 1. The third kappa shape index (κ3) is 4.10. The molecule has 0 fully saturated rings. The van der Waals surface area contributed by atoms with Crippen LogP contribution in [0.2, 0.25) is 0 Å². The van der Waals surface area contributed by atoms with Gasteiger partial charge in [0.25, 0.3) is 0 Å². The number of nitro groups is 1. The number of likely N-dealkylation sites (N-methyl/N-ethyl adjacent to an activating group) is 1. The van der Waals surface area contributed by atoms with Crippen molar-refractivity contribution in [3.05, 3.63) is 64.2 Å². The van der Waals surface area contributed by atoms with Gasteiger partial charge in [-0.3, -0.25) is 14.9 Å². The fraction of sp³-hybridized carbons (Fsp3) is 0.278. The molecule has 0 heterocycles. The first kappa shape index (κ1) is 17.5. The highest BCUT2D eigenvalue weighted by Crippen LogP contribution is 2.32. The molecule has 0 radical (unpaired) electrons. The second kappa shape index (κ2) is 8.10. The molecule has 2 aromatic carbocycles. The van der Waals surface area contributed by atoms with Gasteiger partial charge in [0.2, 0.25) is 11.7 Å². The summed E-state index contributed by atoms with van der Waals surface area (Å²) in [5, 5.41) is 11.1. The number of carbonyl (C=O) groups is 1. The fourth-order valence-electron chi connectivity index (χ4n) is 2.41. The fourth-order valence-corrected chi connectivity index (χ4v) is 2.41. The van der Waals surface area contributed by atoms with Gasteiger partial charge in [-0.05, 0) is 26.0 Å². The van der Waals surface area contributed by atoms with E-state index in [2.05, 4.69) is 0 Å². The molecule has 0 aliphatic heterocycles. The molecule has 0 aliphatic rings. The van der Waals surface area contributed by atoms with Crippen LogP contribution in [0.1, 0.15) is 19.4 Å². The Bertz CT molecular complexity index is 726. The second-order valence-corrected chi connectivity index (χ2v) is 5.18. The van der Waals surface area contributed by atoms with Crippen LogP contribution in [0.25, 0.3) is 0 Å². The Balaban J connectivity index is 2.27. The van der Waals surface area contributed by atoms with Crippen molar-refractivity contribution in [2.75, 3.05) is 13.1 Å². The predicted octanol–water partition coefficient (Wildman–Crippen LogP) is 3.80. The summed E-state index contributed by atoms with van der Waals surface area (Å²) in [4.78, 5) is 24.7. The molecule has 126 valence electrons. The van der Waals surface area contributed by atoms with Gasteiger partial charge in [0.15, 0.2) is 0 Å². The van der Waals surface area contributed by atoms with Crippen molar-refractivity contribution in [3.63, 3.8) is 0 Å². The minimum absolute atomic E-state index is 0.00129. The number of benzene rings is 2. The number of hydrogen-bond donors (Lipinski definition) is 0. The molecule has 24 heavy (non-hydrogen) atoms. The predicted molar refractivity (Wildman–Crippen MR) is 91.2 cm³/mol. The Morgan fingerprint density at radius 2 is 1.62 bits per heavy atom. The van der Waals surface area contributed by atoms with Crippen LogP contribution in [0.4, 0.5) is 5.69 Å². The first-order valence-electron chi connectivity index (χ1n) is 7.83. The Hall–Kier alpha value is -2.89. The lowest BCUT2D eigenvalue weighted by molar-refractivity contribution is -0.385. The molecular formula is C18H20N2O4. The summed E-state index contributed by atoms with van der Waals surface area (Å²) >= 11 is 0. The van der Waals surface area contributed by atoms with Gasteiger partial charge in [0, 0.05) is 24.7 Å². The van der Waals surface area contributed by atoms with E-state index in [0.29, 0.717) is 24.4 Å². The second-order valence-electron chi connectivity index (χ2n) is 5.18. The van der Waals surface area contributed by atoms with Crippen molar-refractivity contribution < 1.29 is 14.5 Å². The number of nitro benzene ring substituents is 1. The van der Waals surface area contributed by atoms with Crippen molar-refractivity contribution in [3.8, 4) is 11.5 Å². The molecule has 0 N–H and O–H groups in total. The van der Waals surface area contributed by atoms with E-state index in [0.717, 1.165) is 0 Å². The van der Waals surface area contributed by atoms with Crippen LogP contribution in [0.5, 0.6) is 11.5 Å². The van der Waals surface area contributed by atoms with Crippen molar-refractivity contribution >= 4 is 11.6 Å². The first-order chi connectivity index (χ1) is 11.6. The third-order valence-electron chi connectivity index (χ3n) is 3.71. The average molecular weight is 328 g/mol. The summed E-state index contributed by atoms with van der Waals surface area (Å²) in [6.07, 6.45) is 0.193. The lowest BCUT2D eigenvalue weighted by Crippen LogP contribution is -2.31. The number of para-hydroxylation sites is 3. The standard InChI is InChI=1S/C18H20N2O4/c1-3-19(4-2)18(21)13-14-9-5-7-11-16(14)24-17-12-8-6-10-15(17)20(22)23/h5-12H,3-4,13H2,1-2H3. The number of carbonyl (C=O) groups excluding carboxylic acids is 1. The van der Waals surface area contributed by atoms with E-state index in [1.54, 1.807) is 41.3 Å². The lowest BCUT2D eigenvalue weighted by atomic mass is 10.1. The molecule has 0 aliphatic carbocycles. The van der Waals surface area contributed by atoms with E-state index in [1.165, 1.54) is 6.07 Å². The maximum atomic E-state index is 12.3. The van der Waals surface area contributed by atoms with Crippen LogP contribution < -0.4 is 4.74 Å². The third-order valence-corrected chi connectivity index (χ3v) is 3.71. The summed E-state index contributed by atoms with van der Waals surface area (Å²) in [6.45, 7) is 5.14. The topological polar surface area (TPSA) is 72.7 Å². The summed E-state index contributed by atoms with van der Waals surface area (Å²) in [5.74, 6) is 0.608. The molecule has 2 aromatic rings. The minimum Gasteiger partial charge on any atom is -0.450 e. The summed E-state index contributed by atoms with van der Waals surface area (Å²) in [7, 11) is 0. The van der Waals surface area contributed by atoms with Crippen LogP contribution in [0.3, 0.4) is 0 Å². The maximum Gasteiger partial charge on any atom is 0.311 e. The smallest absolute Gasteiger partial charge is 0.311 e. The quantitative estimate of drug-likeness (QED) is 0.572. The van der Waals surface area contributed by atoms with Crippen molar-refractivity contribution in [1.29, 1.82) is 0 Å². The van der Waals surface area contributed by atoms with Crippen LogP contribution in [-0.4, -0.2) is 28.8 Å². The van der Waals surface area contributed by atoms with Crippen molar-refractivity contribution in [2.24, 2.45) is 0 Å². The van der Waals surface area contributed by atoms with E-state index in [1.807, 2.05) is 19.9 Å². The van der Waals surface area contributed by atoms with Gasteiger partial charge in [-0.2, -0.15) is 0 Å². The number of amides is 1. The van der Waals surface area contributed by atoms with E-state index in [4.69, 9.17) is 4.74 Å². The summed E-state index contributed by atoms with van der Waals surface area (Å²) < 4.78 is 5.74. The molecule has 0 unspecified atom stereocenters. The molecule has 0 bridgehead atoms. The molecule has 2 rings (SSSR count). The zero-order chi connectivity index (χ0) is 17.5. The maximum absolute atomic E-state index is 12.3. The Kier molecular flexibility index (Phi) is 5.89. The van der Waals surface area contributed by atoms with Gasteiger partial charge in [-0.15, -0.1) is 0 Å². The van der Waals surface area contributed by atoms with Gasteiger partial charge in [0.1, 0.15) is 5.75 Å². The van der Waals surface area contributed by atoms with Crippen LogP contribution in [0, 0.1) is 10.1 Å². The summed E-state index contributed by atoms with van der Waals surface area (Å²) in [5.41, 5.74) is 0.593. The first-order valence-corrected chi connectivity index (χ1v) is 7.83. The molecule has 0 spiro atoms. The molecule has 6 nitrogen and oxygen atoms in total. The highest BCUT2D eigenvalue weighted by Gasteiger charge is 2.18.